The summed E-state index contributed by atoms with van der Waals surface area (Å²) in [6.45, 7) is 1.21. The number of carbonyl (C=O) groups excluding carboxylic acids is 1. The number of carbonyl (C=O) groups is 2. The number of carboxylic acid groups (broad SMARTS) is 1. The third kappa shape index (κ3) is 2.30. The second-order valence-electron chi connectivity index (χ2n) is 4.63. The Kier molecular flexibility index (Phi) is 3.23. The van der Waals surface area contributed by atoms with Crippen LogP contribution in [0.4, 0.5) is 0 Å². The molecule has 1 amide bonds. The fourth-order valence-corrected chi connectivity index (χ4v) is 3.00. The number of aromatic nitrogens is 1. The maximum absolute atomic E-state index is 12.3. The van der Waals surface area contributed by atoms with Crippen molar-refractivity contribution in [2.75, 3.05) is 6.54 Å². The van der Waals surface area contributed by atoms with Crippen LogP contribution in [0.15, 0.2) is 30.3 Å². The lowest BCUT2D eigenvalue weighted by molar-refractivity contribution is 0.0692. The molecule has 0 spiro atoms. The number of carboxylic acids is 1. The lowest BCUT2D eigenvalue weighted by atomic mass is 10.00. The third-order valence-electron chi connectivity index (χ3n) is 3.36. The molecule has 1 aliphatic rings. The van der Waals surface area contributed by atoms with Crippen molar-refractivity contribution < 1.29 is 14.7 Å². The second kappa shape index (κ2) is 5.05. The molecule has 1 aromatic heterocycles. The second-order valence-corrected chi connectivity index (χ2v) is 5.43. The first-order valence-corrected chi connectivity index (χ1v) is 6.98. The van der Waals surface area contributed by atoms with Gasteiger partial charge in [0, 0.05) is 13.1 Å². The molecule has 2 heterocycles. The molecule has 0 unspecified atom stereocenters. The van der Waals surface area contributed by atoms with E-state index in [0.717, 1.165) is 23.5 Å². The first kappa shape index (κ1) is 12.8. The van der Waals surface area contributed by atoms with Crippen molar-refractivity contribution in [1.29, 1.82) is 0 Å². The van der Waals surface area contributed by atoms with E-state index in [2.05, 4.69) is 10.4 Å². The number of hydrogen-bond acceptors (Lipinski definition) is 4. The van der Waals surface area contributed by atoms with Crippen LogP contribution < -0.4 is 0 Å². The summed E-state index contributed by atoms with van der Waals surface area (Å²) in [6, 6.07) is 9.40. The minimum atomic E-state index is -1.11. The topological polar surface area (TPSA) is 70.5 Å². The first-order valence-electron chi connectivity index (χ1n) is 6.21. The largest absolute Gasteiger partial charge is 0.476 e. The number of amides is 1. The van der Waals surface area contributed by atoms with Gasteiger partial charge in [-0.05, 0) is 35.1 Å². The summed E-state index contributed by atoms with van der Waals surface area (Å²) >= 11 is 0.939. The molecule has 0 atom stereocenters. The highest BCUT2D eigenvalue weighted by molar-refractivity contribution is 7.08. The Labute approximate surface area is 119 Å². The zero-order valence-electron chi connectivity index (χ0n) is 10.6. The standard InChI is InChI=1S/C14H12N2O3S/c17-13(12-7-11(14(18)19)15-20-12)16-6-5-9-3-1-2-4-10(9)8-16/h1-4,7H,5-6,8H2,(H,18,19). The number of fused-ring (bicyclic) bond motifs is 1. The predicted octanol–water partition coefficient (Wildman–Crippen LogP) is 2.04. The van der Waals surface area contributed by atoms with E-state index in [4.69, 9.17) is 5.11 Å². The fraction of sp³-hybridized carbons (Fsp3) is 0.214. The molecule has 0 fully saturated rings. The maximum Gasteiger partial charge on any atom is 0.355 e. The summed E-state index contributed by atoms with van der Waals surface area (Å²) < 4.78 is 3.77. The molecule has 0 bridgehead atoms. The van der Waals surface area contributed by atoms with Crippen LogP contribution in [0.5, 0.6) is 0 Å². The average Bonchev–Trinajstić information content (AvgIpc) is 2.96. The van der Waals surface area contributed by atoms with Crippen LogP contribution in [0.3, 0.4) is 0 Å². The number of hydrogen-bond donors (Lipinski definition) is 1. The minimum Gasteiger partial charge on any atom is -0.476 e. The highest BCUT2D eigenvalue weighted by Gasteiger charge is 2.24. The van der Waals surface area contributed by atoms with E-state index in [1.54, 1.807) is 4.90 Å². The Morgan fingerprint density at radius 3 is 2.70 bits per heavy atom. The summed E-state index contributed by atoms with van der Waals surface area (Å²) in [4.78, 5) is 25.3. The SMILES string of the molecule is O=C(O)c1cc(C(=O)N2CCc3ccccc3C2)sn1. The Bertz CT molecular complexity index is 681. The molecule has 0 aliphatic carbocycles. The van der Waals surface area contributed by atoms with E-state index in [1.807, 2.05) is 18.2 Å². The molecular formula is C14H12N2O3S. The molecule has 3 rings (SSSR count). The molecule has 0 radical (unpaired) electrons. The van der Waals surface area contributed by atoms with Gasteiger partial charge in [0.2, 0.25) is 0 Å². The highest BCUT2D eigenvalue weighted by atomic mass is 32.1. The van der Waals surface area contributed by atoms with Gasteiger partial charge < -0.3 is 10.0 Å². The molecule has 5 nitrogen and oxygen atoms in total. The predicted molar refractivity (Wildman–Crippen MR) is 74.0 cm³/mol. The van der Waals surface area contributed by atoms with E-state index in [9.17, 15) is 9.59 Å². The van der Waals surface area contributed by atoms with Gasteiger partial charge >= 0.3 is 5.97 Å². The molecular weight excluding hydrogens is 276 g/mol. The van der Waals surface area contributed by atoms with Crippen molar-refractivity contribution in [1.82, 2.24) is 9.27 Å². The van der Waals surface area contributed by atoms with Gasteiger partial charge in [0.05, 0.1) is 0 Å². The van der Waals surface area contributed by atoms with Gasteiger partial charge in [0.25, 0.3) is 5.91 Å². The maximum atomic E-state index is 12.3. The smallest absolute Gasteiger partial charge is 0.355 e. The average molecular weight is 288 g/mol. The van der Waals surface area contributed by atoms with Crippen LogP contribution in [-0.4, -0.2) is 32.8 Å². The molecule has 6 heteroatoms. The zero-order chi connectivity index (χ0) is 14.1. The van der Waals surface area contributed by atoms with Crippen LogP contribution in [0.2, 0.25) is 0 Å². The molecule has 1 aromatic carbocycles. The first-order chi connectivity index (χ1) is 9.65. The summed E-state index contributed by atoms with van der Waals surface area (Å²) in [7, 11) is 0. The normalized spacial score (nSPS) is 13.9. The summed E-state index contributed by atoms with van der Waals surface area (Å²) in [5.74, 6) is -1.26. The zero-order valence-corrected chi connectivity index (χ0v) is 11.4. The van der Waals surface area contributed by atoms with Crippen LogP contribution in [0.25, 0.3) is 0 Å². The Morgan fingerprint density at radius 1 is 1.25 bits per heavy atom. The monoisotopic (exact) mass is 288 g/mol. The van der Waals surface area contributed by atoms with Gasteiger partial charge in [-0.2, -0.15) is 4.37 Å². The molecule has 0 saturated heterocycles. The minimum absolute atomic E-state index is 0.0734. The number of benzene rings is 1. The van der Waals surface area contributed by atoms with Crippen molar-refractivity contribution in [3.05, 3.63) is 52.0 Å². The summed E-state index contributed by atoms with van der Waals surface area (Å²) in [6.07, 6.45) is 0.826. The van der Waals surface area contributed by atoms with Gasteiger partial charge in [-0.3, -0.25) is 4.79 Å². The van der Waals surface area contributed by atoms with Crippen LogP contribution in [0, 0.1) is 0 Å². The van der Waals surface area contributed by atoms with Crippen LogP contribution >= 0.6 is 11.5 Å². The Balaban J connectivity index is 1.80. The lowest BCUT2D eigenvalue weighted by Gasteiger charge is -2.28. The van der Waals surface area contributed by atoms with Gasteiger partial charge in [-0.1, -0.05) is 24.3 Å². The van der Waals surface area contributed by atoms with Crippen LogP contribution in [-0.2, 0) is 13.0 Å². The summed E-state index contributed by atoms with van der Waals surface area (Å²) in [5, 5.41) is 8.84. The molecule has 2 aromatic rings. The Morgan fingerprint density at radius 2 is 2.00 bits per heavy atom. The van der Waals surface area contributed by atoms with Gasteiger partial charge in [0.15, 0.2) is 5.69 Å². The highest BCUT2D eigenvalue weighted by Crippen LogP contribution is 2.21. The molecule has 20 heavy (non-hydrogen) atoms. The third-order valence-corrected chi connectivity index (χ3v) is 4.14. The van der Waals surface area contributed by atoms with Crippen molar-refractivity contribution in [3.8, 4) is 0 Å². The van der Waals surface area contributed by atoms with Crippen molar-refractivity contribution in [2.24, 2.45) is 0 Å². The Hall–Kier alpha value is -2.21. The molecule has 0 saturated carbocycles. The van der Waals surface area contributed by atoms with Crippen molar-refractivity contribution in [3.63, 3.8) is 0 Å². The van der Waals surface area contributed by atoms with Crippen LogP contribution in [0.1, 0.15) is 31.3 Å². The number of nitrogens with zero attached hydrogens (tertiary/aromatic N) is 2. The van der Waals surface area contributed by atoms with Crippen molar-refractivity contribution >= 4 is 23.4 Å². The fourth-order valence-electron chi connectivity index (χ4n) is 2.30. The lowest BCUT2D eigenvalue weighted by Crippen LogP contribution is -2.35. The van der Waals surface area contributed by atoms with Gasteiger partial charge in [0.1, 0.15) is 4.88 Å². The van der Waals surface area contributed by atoms with Gasteiger partial charge in [-0.15, -0.1) is 0 Å². The molecule has 102 valence electrons. The van der Waals surface area contributed by atoms with E-state index in [1.165, 1.54) is 11.6 Å². The summed E-state index contributed by atoms with van der Waals surface area (Å²) in [5.41, 5.74) is 2.35. The number of aromatic carboxylic acids is 1. The van der Waals surface area contributed by atoms with E-state index >= 15 is 0 Å². The van der Waals surface area contributed by atoms with E-state index in [0.29, 0.717) is 18.0 Å². The quantitative estimate of drug-likeness (QED) is 0.918. The molecule has 1 N–H and O–H groups in total. The van der Waals surface area contributed by atoms with E-state index < -0.39 is 5.97 Å². The molecule has 1 aliphatic heterocycles. The van der Waals surface area contributed by atoms with E-state index in [-0.39, 0.29) is 11.6 Å². The van der Waals surface area contributed by atoms with Crippen molar-refractivity contribution in [2.45, 2.75) is 13.0 Å². The van der Waals surface area contributed by atoms with Gasteiger partial charge in [-0.25, -0.2) is 4.79 Å². The number of rotatable bonds is 2.